The Morgan fingerprint density at radius 3 is 2.37 bits per heavy atom. The predicted octanol–water partition coefficient (Wildman–Crippen LogP) is 4.07. The summed E-state index contributed by atoms with van der Waals surface area (Å²) in [6.07, 6.45) is -4.17. The number of hydrogen-bond acceptors (Lipinski definition) is 4. The van der Waals surface area contributed by atoms with Gasteiger partial charge in [-0.1, -0.05) is 18.2 Å². The molecule has 2 aromatic carbocycles. The summed E-state index contributed by atoms with van der Waals surface area (Å²) in [4.78, 5) is 26.8. The van der Waals surface area contributed by atoms with Gasteiger partial charge < -0.3 is 10.1 Å². The zero-order chi connectivity index (χ0) is 21.9. The van der Waals surface area contributed by atoms with Gasteiger partial charge in [0, 0.05) is 25.9 Å². The van der Waals surface area contributed by atoms with E-state index in [1.165, 1.54) is 31.4 Å². The van der Waals surface area contributed by atoms with E-state index in [0.29, 0.717) is 13.0 Å². The van der Waals surface area contributed by atoms with Gasteiger partial charge in [-0.15, -0.1) is 0 Å². The number of ether oxygens (including phenoxy) is 1. The van der Waals surface area contributed by atoms with E-state index >= 15 is 0 Å². The summed E-state index contributed by atoms with van der Waals surface area (Å²) < 4.78 is 57.3. The third-order valence-electron chi connectivity index (χ3n) is 4.49. The summed E-state index contributed by atoms with van der Waals surface area (Å²) >= 11 is 0. The van der Waals surface area contributed by atoms with Crippen molar-refractivity contribution in [1.82, 2.24) is 4.90 Å². The number of anilines is 1. The number of nitrogens with zero attached hydrogens (tertiary/aromatic N) is 1. The minimum absolute atomic E-state index is 0.000622. The van der Waals surface area contributed by atoms with Gasteiger partial charge >= 0.3 is 6.18 Å². The molecule has 1 heterocycles. The Kier molecular flexibility index (Phi) is 6.21. The smallest absolute Gasteiger partial charge is 0.385 e. The number of benzene rings is 2. The van der Waals surface area contributed by atoms with Crippen LogP contribution < -0.4 is 5.32 Å². The molecule has 9 heteroatoms. The maximum Gasteiger partial charge on any atom is 0.416 e. The number of imide groups is 1. The van der Waals surface area contributed by atoms with Gasteiger partial charge in [0.2, 0.25) is 0 Å². The molecule has 0 fully saturated rings. The van der Waals surface area contributed by atoms with Crippen LogP contribution in [0.2, 0.25) is 0 Å². The van der Waals surface area contributed by atoms with E-state index in [1.54, 1.807) is 0 Å². The summed E-state index contributed by atoms with van der Waals surface area (Å²) in [6.45, 7) is 0.392. The van der Waals surface area contributed by atoms with Crippen molar-refractivity contribution in [3.05, 3.63) is 71.2 Å². The van der Waals surface area contributed by atoms with Crippen LogP contribution in [0, 0.1) is 5.82 Å². The largest absolute Gasteiger partial charge is 0.416 e. The Balaban J connectivity index is 2.00. The van der Waals surface area contributed by atoms with Gasteiger partial charge in [0.15, 0.2) is 0 Å². The lowest BCUT2D eigenvalue weighted by molar-refractivity contribution is -0.138. The maximum absolute atomic E-state index is 13.3. The van der Waals surface area contributed by atoms with Crippen LogP contribution in [-0.2, 0) is 20.5 Å². The number of halogens is 4. The Bertz CT molecular complexity index is 984. The quantitative estimate of drug-likeness (QED) is 0.415. The zero-order valence-electron chi connectivity index (χ0n) is 15.9. The molecule has 0 aliphatic carbocycles. The number of hydrogen-bond donors (Lipinski definition) is 1. The molecule has 0 spiro atoms. The van der Waals surface area contributed by atoms with Gasteiger partial charge in [-0.25, -0.2) is 4.39 Å². The molecule has 1 N–H and O–H groups in total. The molecule has 0 atom stereocenters. The van der Waals surface area contributed by atoms with Crippen LogP contribution in [0.5, 0.6) is 0 Å². The molecule has 2 amide bonds. The number of methoxy groups -OCH3 is 1. The normalized spacial score (nSPS) is 14.6. The first-order valence-electron chi connectivity index (χ1n) is 9.02. The number of rotatable bonds is 7. The SMILES string of the molecule is COCCCN1C(=O)C(Nc2cccc(C(F)(F)F)c2)=C(c2ccc(F)cc2)C1=O. The highest BCUT2D eigenvalue weighted by Crippen LogP contribution is 2.33. The van der Waals surface area contributed by atoms with Gasteiger partial charge in [-0.05, 0) is 42.3 Å². The minimum atomic E-state index is -4.56. The summed E-state index contributed by atoms with van der Waals surface area (Å²) in [5, 5.41) is 2.66. The first kappa shape index (κ1) is 21.5. The second-order valence-electron chi connectivity index (χ2n) is 6.57. The fourth-order valence-corrected chi connectivity index (χ4v) is 3.06. The van der Waals surface area contributed by atoms with Crippen molar-refractivity contribution in [2.24, 2.45) is 0 Å². The Labute approximate surface area is 169 Å². The van der Waals surface area contributed by atoms with Gasteiger partial charge in [0.1, 0.15) is 11.5 Å². The standard InChI is InChI=1S/C21H18F4N2O3/c1-30-11-3-10-27-19(28)17(13-6-8-15(22)9-7-13)18(20(27)29)26-16-5-2-4-14(12-16)21(23,24)25/h2,4-9,12,26H,3,10-11H2,1H3. The van der Waals surface area contributed by atoms with Crippen LogP contribution >= 0.6 is 0 Å². The van der Waals surface area contributed by atoms with E-state index in [-0.39, 0.29) is 29.1 Å². The number of amides is 2. The van der Waals surface area contributed by atoms with Gasteiger partial charge in [-0.3, -0.25) is 14.5 Å². The van der Waals surface area contributed by atoms with Crippen molar-refractivity contribution >= 4 is 23.1 Å². The average Bonchev–Trinajstić information content (AvgIpc) is 2.93. The van der Waals surface area contributed by atoms with Crippen LogP contribution in [0.4, 0.5) is 23.2 Å². The average molecular weight is 422 g/mol. The molecule has 0 saturated carbocycles. The summed E-state index contributed by atoms with van der Waals surface area (Å²) in [7, 11) is 1.48. The van der Waals surface area contributed by atoms with E-state index in [2.05, 4.69) is 5.32 Å². The molecule has 2 aromatic rings. The Hall–Kier alpha value is -3.20. The van der Waals surface area contributed by atoms with Crippen LogP contribution in [0.15, 0.2) is 54.2 Å². The van der Waals surface area contributed by atoms with Gasteiger partial charge in [-0.2, -0.15) is 13.2 Å². The molecule has 3 rings (SSSR count). The maximum atomic E-state index is 13.3. The molecule has 1 aliphatic rings. The molecule has 0 saturated heterocycles. The second kappa shape index (κ2) is 8.66. The lowest BCUT2D eigenvalue weighted by Crippen LogP contribution is -2.33. The second-order valence-corrected chi connectivity index (χ2v) is 6.57. The van der Waals surface area contributed by atoms with Gasteiger partial charge in [0.05, 0.1) is 11.1 Å². The highest BCUT2D eigenvalue weighted by molar-refractivity contribution is 6.36. The van der Waals surface area contributed by atoms with E-state index < -0.39 is 29.4 Å². The molecule has 0 bridgehead atoms. The van der Waals surface area contributed by atoms with Crippen molar-refractivity contribution in [1.29, 1.82) is 0 Å². The van der Waals surface area contributed by atoms with Crippen LogP contribution in [-0.4, -0.2) is 37.0 Å². The fraction of sp³-hybridized carbons (Fsp3) is 0.238. The van der Waals surface area contributed by atoms with E-state index in [1.807, 2.05) is 0 Å². The molecule has 0 radical (unpaired) electrons. The highest BCUT2D eigenvalue weighted by Gasteiger charge is 2.39. The number of alkyl halides is 3. The van der Waals surface area contributed by atoms with Crippen molar-refractivity contribution in [3.63, 3.8) is 0 Å². The molecule has 0 aromatic heterocycles. The minimum Gasteiger partial charge on any atom is -0.385 e. The molecule has 0 unspecified atom stereocenters. The van der Waals surface area contributed by atoms with Gasteiger partial charge in [0.25, 0.3) is 11.8 Å². The third kappa shape index (κ3) is 4.51. The van der Waals surface area contributed by atoms with Crippen molar-refractivity contribution in [2.75, 3.05) is 25.6 Å². The lowest BCUT2D eigenvalue weighted by Gasteiger charge is -2.15. The lowest BCUT2D eigenvalue weighted by atomic mass is 10.0. The fourth-order valence-electron chi connectivity index (χ4n) is 3.06. The van der Waals surface area contributed by atoms with Crippen LogP contribution in [0.3, 0.4) is 0 Å². The Morgan fingerprint density at radius 2 is 1.73 bits per heavy atom. The molecular weight excluding hydrogens is 404 g/mol. The molecular formula is C21H18F4N2O3. The number of carbonyl (C=O) groups excluding carboxylic acids is 2. The molecule has 5 nitrogen and oxygen atoms in total. The van der Waals surface area contributed by atoms with E-state index in [0.717, 1.165) is 29.2 Å². The molecule has 30 heavy (non-hydrogen) atoms. The first-order valence-corrected chi connectivity index (χ1v) is 9.02. The van der Waals surface area contributed by atoms with Crippen LogP contribution in [0.25, 0.3) is 5.57 Å². The van der Waals surface area contributed by atoms with E-state index in [4.69, 9.17) is 4.74 Å². The van der Waals surface area contributed by atoms with Crippen molar-refractivity contribution in [3.8, 4) is 0 Å². The predicted molar refractivity (Wildman–Crippen MR) is 102 cm³/mol. The monoisotopic (exact) mass is 422 g/mol. The summed E-state index contributed by atoms with van der Waals surface area (Å²) in [6, 6.07) is 9.24. The summed E-state index contributed by atoms with van der Waals surface area (Å²) in [5.41, 5.74) is -0.818. The number of carbonyl (C=O) groups is 2. The highest BCUT2D eigenvalue weighted by atomic mass is 19.4. The molecule has 1 aliphatic heterocycles. The van der Waals surface area contributed by atoms with E-state index in [9.17, 15) is 27.2 Å². The van der Waals surface area contributed by atoms with Crippen molar-refractivity contribution in [2.45, 2.75) is 12.6 Å². The first-order chi connectivity index (χ1) is 14.2. The zero-order valence-corrected chi connectivity index (χ0v) is 15.9. The Morgan fingerprint density at radius 1 is 1.03 bits per heavy atom. The summed E-state index contributed by atoms with van der Waals surface area (Å²) in [5.74, 6) is -1.81. The third-order valence-corrected chi connectivity index (χ3v) is 4.49. The van der Waals surface area contributed by atoms with Crippen molar-refractivity contribution < 1.29 is 31.9 Å². The molecule has 158 valence electrons. The topological polar surface area (TPSA) is 58.6 Å². The van der Waals surface area contributed by atoms with Crippen LogP contribution in [0.1, 0.15) is 17.5 Å². The number of nitrogens with one attached hydrogen (secondary N) is 1.